The van der Waals surface area contributed by atoms with Crippen LogP contribution in [0.25, 0.3) is 16.6 Å². The summed E-state index contributed by atoms with van der Waals surface area (Å²) < 4.78 is 39.8. The Morgan fingerprint density at radius 2 is 1.74 bits per heavy atom. The first-order valence-corrected chi connectivity index (χ1v) is 10.3. The highest BCUT2D eigenvalue weighted by molar-refractivity contribution is 7.98. The maximum Gasteiger partial charge on any atom is 0.266 e. The van der Waals surface area contributed by atoms with Crippen molar-refractivity contribution in [2.75, 3.05) is 14.2 Å². The summed E-state index contributed by atoms with van der Waals surface area (Å²) in [7, 11) is 3.03. The standard InChI is InChI=1S/C23H18F2N2O3S/c1-29-19-11-10-15(12-20(19)30-2)27-22(28)16-7-3-4-9-18(16)26-23(27)31-13-14-6-5-8-17(24)21(14)25/h3-12H,13H2,1-2H3. The molecule has 0 saturated heterocycles. The highest BCUT2D eigenvalue weighted by Gasteiger charge is 2.17. The number of aromatic nitrogens is 2. The Morgan fingerprint density at radius 1 is 0.968 bits per heavy atom. The SMILES string of the molecule is COc1ccc(-n2c(SCc3cccc(F)c3F)nc3ccccc3c2=O)cc1OC. The molecule has 0 amide bonds. The van der Waals surface area contributed by atoms with E-state index in [9.17, 15) is 13.6 Å². The fraction of sp³-hybridized carbons (Fsp3) is 0.130. The molecule has 158 valence electrons. The predicted octanol–water partition coefficient (Wildman–Crippen LogP) is 4.97. The average Bonchev–Trinajstić information content (AvgIpc) is 2.79. The summed E-state index contributed by atoms with van der Waals surface area (Å²) in [5, 5.41) is 0.790. The summed E-state index contributed by atoms with van der Waals surface area (Å²) in [6.07, 6.45) is 0. The summed E-state index contributed by atoms with van der Waals surface area (Å²) in [5.41, 5.74) is 0.945. The van der Waals surface area contributed by atoms with Crippen LogP contribution in [0.4, 0.5) is 8.78 Å². The van der Waals surface area contributed by atoms with E-state index in [1.54, 1.807) is 42.5 Å². The number of benzene rings is 3. The van der Waals surface area contributed by atoms with Gasteiger partial charge < -0.3 is 9.47 Å². The molecule has 1 aromatic heterocycles. The number of fused-ring (bicyclic) bond motifs is 1. The van der Waals surface area contributed by atoms with Crippen molar-refractivity contribution in [3.63, 3.8) is 0 Å². The van der Waals surface area contributed by atoms with Gasteiger partial charge in [-0.05, 0) is 30.3 Å². The monoisotopic (exact) mass is 440 g/mol. The van der Waals surface area contributed by atoms with Gasteiger partial charge in [0.2, 0.25) is 0 Å². The molecule has 0 aliphatic carbocycles. The second-order valence-electron chi connectivity index (χ2n) is 6.59. The van der Waals surface area contributed by atoms with Gasteiger partial charge in [0.1, 0.15) is 0 Å². The van der Waals surface area contributed by atoms with Crippen LogP contribution in [0.3, 0.4) is 0 Å². The second-order valence-corrected chi connectivity index (χ2v) is 7.54. The molecule has 5 nitrogen and oxygen atoms in total. The Kier molecular flexibility index (Phi) is 5.90. The Balaban J connectivity index is 1.86. The van der Waals surface area contributed by atoms with Crippen molar-refractivity contribution < 1.29 is 18.3 Å². The van der Waals surface area contributed by atoms with Gasteiger partial charge in [-0.25, -0.2) is 13.8 Å². The van der Waals surface area contributed by atoms with E-state index in [1.165, 1.54) is 30.9 Å². The van der Waals surface area contributed by atoms with Crippen molar-refractivity contribution in [2.45, 2.75) is 10.9 Å². The van der Waals surface area contributed by atoms with Crippen LogP contribution in [0.1, 0.15) is 5.56 Å². The molecule has 3 aromatic carbocycles. The van der Waals surface area contributed by atoms with Crippen molar-refractivity contribution in [3.05, 3.63) is 88.2 Å². The van der Waals surface area contributed by atoms with Gasteiger partial charge in [0.15, 0.2) is 28.3 Å². The van der Waals surface area contributed by atoms with E-state index >= 15 is 0 Å². The molecule has 1 heterocycles. The quantitative estimate of drug-likeness (QED) is 0.313. The third-order valence-electron chi connectivity index (χ3n) is 4.76. The fourth-order valence-electron chi connectivity index (χ4n) is 3.20. The van der Waals surface area contributed by atoms with E-state index in [2.05, 4.69) is 4.98 Å². The first kappa shape index (κ1) is 20.9. The van der Waals surface area contributed by atoms with Crippen LogP contribution >= 0.6 is 11.8 Å². The minimum atomic E-state index is -0.915. The number of para-hydroxylation sites is 1. The molecule has 31 heavy (non-hydrogen) atoms. The molecule has 0 aliphatic heterocycles. The summed E-state index contributed by atoms with van der Waals surface area (Å²) in [4.78, 5) is 18.0. The van der Waals surface area contributed by atoms with Crippen LogP contribution < -0.4 is 15.0 Å². The molecule has 0 radical (unpaired) electrons. The van der Waals surface area contributed by atoms with Gasteiger partial charge in [-0.15, -0.1) is 0 Å². The number of rotatable bonds is 6. The van der Waals surface area contributed by atoms with Gasteiger partial charge in [0, 0.05) is 17.4 Å². The minimum absolute atomic E-state index is 0.0989. The highest BCUT2D eigenvalue weighted by Crippen LogP contribution is 2.31. The molecule has 0 atom stereocenters. The first-order valence-electron chi connectivity index (χ1n) is 9.33. The average molecular weight is 440 g/mol. The van der Waals surface area contributed by atoms with Gasteiger partial charge in [0.25, 0.3) is 5.56 Å². The maximum absolute atomic E-state index is 14.1. The number of hydrogen-bond donors (Lipinski definition) is 0. The van der Waals surface area contributed by atoms with Gasteiger partial charge in [0.05, 0.1) is 30.8 Å². The van der Waals surface area contributed by atoms with Crippen LogP contribution in [0.2, 0.25) is 0 Å². The van der Waals surface area contributed by atoms with Crippen molar-refractivity contribution >= 4 is 22.7 Å². The van der Waals surface area contributed by atoms with E-state index in [0.29, 0.717) is 33.2 Å². The summed E-state index contributed by atoms with van der Waals surface area (Å²) in [6, 6.07) is 16.1. The van der Waals surface area contributed by atoms with E-state index in [1.807, 2.05) is 0 Å². The summed E-state index contributed by atoms with van der Waals surface area (Å²) in [5.74, 6) is -0.754. The summed E-state index contributed by atoms with van der Waals surface area (Å²) in [6.45, 7) is 0. The minimum Gasteiger partial charge on any atom is -0.493 e. The molecule has 8 heteroatoms. The Bertz CT molecular complexity index is 1320. The number of ether oxygens (including phenoxy) is 2. The third kappa shape index (κ3) is 3.98. The normalized spacial score (nSPS) is 11.0. The van der Waals surface area contributed by atoms with Crippen molar-refractivity contribution in [2.24, 2.45) is 0 Å². The topological polar surface area (TPSA) is 53.4 Å². The second kappa shape index (κ2) is 8.77. The number of hydrogen-bond acceptors (Lipinski definition) is 5. The maximum atomic E-state index is 14.1. The Labute approximate surface area is 181 Å². The van der Waals surface area contributed by atoms with Crippen LogP contribution in [0, 0.1) is 11.6 Å². The third-order valence-corrected chi connectivity index (χ3v) is 5.75. The number of methoxy groups -OCH3 is 2. The van der Waals surface area contributed by atoms with E-state index in [4.69, 9.17) is 9.47 Å². The zero-order valence-corrected chi connectivity index (χ0v) is 17.6. The highest BCUT2D eigenvalue weighted by atomic mass is 32.2. The molecular weight excluding hydrogens is 422 g/mol. The Morgan fingerprint density at radius 3 is 2.52 bits per heavy atom. The molecule has 4 aromatic rings. The van der Waals surface area contributed by atoms with Gasteiger partial charge in [-0.2, -0.15) is 0 Å². The lowest BCUT2D eigenvalue weighted by Gasteiger charge is -2.15. The zero-order valence-electron chi connectivity index (χ0n) is 16.8. The number of halogens is 2. The zero-order chi connectivity index (χ0) is 22.0. The van der Waals surface area contributed by atoms with Crippen LogP contribution in [0.5, 0.6) is 11.5 Å². The van der Waals surface area contributed by atoms with E-state index in [-0.39, 0.29) is 16.9 Å². The molecule has 0 N–H and O–H groups in total. The first-order chi connectivity index (χ1) is 15.0. The molecule has 0 unspecified atom stereocenters. The van der Waals surface area contributed by atoms with Crippen molar-refractivity contribution in [3.8, 4) is 17.2 Å². The molecule has 0 aliphatic rings. The molecule has 4 rings (SSSR count). The lowest BCUT2D eigenvalue weighted by molar-refractivity contribution is 0.354. The van der Waals surface area contributed by atoms with Gasteiger partial charge in [-0.1, -0.05) is 36.0 Å². The van der Waals surface area contributed by atoms with Crippen molar-refractivity contribution in [1.29, 1.82) is 0 Å². The van der Waals surface area contributed by atoms with Gasteiger partial charge >= 0.3 is 0 Å². The van der Waals surface area contributed by atoms with Gasteiger partial charge in [-0.3, -0.25) is 9.36 Å². The predicted molar refractivity (Wildman–Crippen MR) is 116 cm³/mol. The molecular formula is C23H18F2N2O3S. The number of nitrogens with zero attached hydrogens (tertiary/aromatic N) is 2. The van der Waals surface area contributed by atoms with Crippen LogP contribution in [-0.4, -0.2) is 23.8 Å². The van der Waals surface area contributed by atoms with E-state index in [0.717, 1.165) is 17.8 Å². The Hall–Kier alpha value is -3.39. The lowest BCUT2D eigenvalue weighted by atomic mass is 10.2. The van der Waals surface area contributed by atoms with Crippen LogP contribution in [-0.2, 0) is 5.75 Å². The van der Waals surface area contributed by atoms with Crippen LogP contribution in [0.15, 0.2) is 70.6 Å². The fourth-order valence-corrected chi connectivity index (χ4v) is 4.19. The summed E-state index contributed by atoms with van der Waals surface area (Å²) >= 11 is 1.14. The number of thioether (sulfide) groups is 1. The largest absolute Gasteiger partial charge is 0.493 e. The lowest BCUT2D eigenvalue weighted by Crippen LogP contribution is -2.21. The molecule has 0 spiro atoms. The smallest absolute Gasteiger partial charge is 0.266 e. The molecule has 0 fully saturated rings. The molecule has 0 saturated carbocycles. The van der Waals surface area contributed by atoms with E-state index < -0.39 is 11.6 Å². The molecule has 0 bridgehead atoms. The van der Waals surface area contributed by atoms with Crippen molar-refractivity contribution in [1.82, 2.24) is 9.55 Å².